The van der Waals surface area contributed by atoms with E-state index in [0.717, 1.165) is 6.54 Å². The van der Waals surface area contributed by atoms with Crippen LogP contribution in [0.2, 0.25) is 0 Å². The van der Waals surface area contributed by atoms with Crippen LogP contribution < -0.4 is 5.32 Å². The molecular formula is C4H9NOS. The first-order valence-electron chi connectivity index (χ1n) is 2.13. The van der Waals surface area contributed by atoms with Crippen molar-refractivity contribution >= 4 is 17.0 Å². The molecular weight excluding hydrogens is 110 g/mol. The van der Waals surface area contributed by atoms with E-state index in [1.807, 2.05) is 6.92 Å². The molecule has 7 heavy (non-hydrogen) atoms. The van der Waals surface area contributed by atoms with Gasteiger partial charge in [0.1, 0.15) is 0 Å². The van der Waals surface area contributed by atoms with Crippen LogP contribution >= 0.6 is 11.8 Å². The average Bonchev–Trinajstić information content (AvgIpc) is 1.68. The Bertz CT molecular complexity index is 64.7. The zero-order chi connectivity index (χ0) is 5.70. The second-order valence-electron chi connectivity index (χ2n) is 1.02. The Morgan fingerprint density at radius 3 is 2.57 bits per heavy atom. The number of nitrogens with one attached hydrogen (secondary N) is 1. The van der Waals surface area contributed by atoms with E-state index < -0.39 is 0 Å². The Hall–Kier alpha value is -0.180. The fraction of sp³-hybridized carbons (Fsp3) is 0.750. The van der Waals surface area contributed by atoms with Gasteiger partial charge in [0.2, 0.25) is 0 Å². The van der Waals surface area contributed by atoms with Gasteiger partial charge in [0, 0.05) is 6.54 Å². The van der Waals surface area contributed by atoms with E-state index in [1.54, 1.807) is 6.26 Å². The summed E-state index contributed by atoms with van der Waals surface area (Å²) in [5, 5.41) is 2.66. The topological polar surface area (TPSA) is 29.1 Å². The molecule has 0 aliphatic heterocycles. The van der Waals surface area contributed by atoms with Crippen LogP contribution in [0.5, 0.6) is 0 Å². The molecule has 1 amide bonds. The molecule has 0 rings (SSSR count). The van der Waals surface area contributed by atoms with Gasteiger partial charge in [-0.15, -0.1) is 0 Å². The summed E-state index contributed by atoms with van der Waals surface area (Å²) >= 11 is 1.20. The van der Waals surface area contributed by atoms with Crippen LogP contribution in [0.1, 0.15) is 6.92 Å². The third-order valence-corrected chi connectivity index (χ3v) is 1.02. The number of carbonyl (C=O) groups is 1. The van der Waals surface area contributed by atoms with Gasteiger partial charge in [-0.2, -0.15) is 0 Å². The normalized spacial score (nSPS) is 8.29. The van der Waals surface area contributed by atoms with Gasteiger partial charge < -0.3 is 5.32 Å². The minimum atomic E-state index is 0.0440. The molecule has 0 unspecified atom stereocenters. The molecule has 0 radical (unpaired) electrons. The first-order valence-corrected chi connectivity index (χ1v) is 3.35. The standard InChI is InChI=1S/C4H9NOS/c1-3-5-4(6)7-2/h3H2,1-2H3,(H,5,6). The predicted octanol–water partition coefficient (Wildman–Crippen LogP) is 1.08. The SMILES string of the molecule is CCNC(=O)SC. The van der Waals surface area contributed by atoms with Crippen LogP contribution in [0.4, 0.5) is 4.79 Å². The highest BCUT2D eigenvalue weighted by atomic mass is 32.2. The van der Waals surface area contributed by atoms with E-state index in [4.69, 9.17) is 0 Å². The minimum Gasteiger partial charge on any atom is -0.347 e. The smallest absolute Gasteiger partial charge is 0.278 e. The summed E-state index contributed by atoms with van der Waals surface area (Å²) in [6.45, 7) is 2.62. The van der Waals surface area contributed by atoms with Crippen LogP contribution in [0.15, 0.2) is 0 Å². The van der Waals surface area contributed by atoms with Crippen molar-refractivity contribution in [3.63, 3.8) is 0 Å². The van der Waals surface area contributed by atoms with Gasteiger partial charge in [0.05, 0.1) is 0 Å². The van der Waals surface area contributed by atoms with Crippen molar-refractivity contribution in [1.29, 1.82) is 0 Å². The first kappa shape index (κ1) is 6.82. The van der Waals surface area contributed by atoms with E-state index in [2.05, 4.69) is 5.32 Å². The van der Waals surface area contributed by atoms with E-state index in [-0.39, 0.29) is 5.24 Å². The third-order valence-electron chi connectivity index (χ3n) is 0.507. The van der Waals surface area contributed by atoms with Crippen LogP contribution in [-0.2, 0) is 0 Å². The van der Waals surface area contributed by atoms with E-state index in [1.165, 1.54) is 11.8 Å². The molecule has 0 aliphatic carbocycles. The van der Waals surface area contributed by atoms with Crippen molar-refractivity contribution < 1.29 is 4.79 Å². The number of hydrogen-bond acceptors (Lipinski definition) is 2. The monoisotopic (exact) mass is 119 g/mol. The van der Waals surface area contributed by atoms with Gasteiger partial charge in [0.15, 0.2) is 0 Å². The maximum atomic E-state index is 10.3. The molecule has 0 fully saturated rings. The van der Waals surface area contributed by atoms with Crippen molar-refractivity contribution in [2.75, 3.05) is 12.8 Å². The summed E-state index contributed by atoms with van der Waals surface area (Å²) in [5.41, 5.74) is 0. The number of rotatable bonds is 1. The molecule has 3 heteroatoms. The highest BCUT2D eigenvalue weighted by Gasteiger charge is 1.89. The highest BCUT2D eigenvalue weighted by molar-refractivity contribution is 8.12. The van der Waals surface area contributed by atoms with Gasteiger partial charge >= 0.3 is 0 Å². The molecule has 0 aromatic heterocycles. The lowest BCUT2D eigenvalue weighted by Gasteiger charge is -1.92. The second kappa shape index (κ2) is 3.99. The van der Waals surface area contributed by atoms with Crippen LogP contribution in [-0.4, -0.2) is 18.0 Å². The van der Waals surface area contributed by atoms with Gasteiger partial charge in [0.25, 0.3) is 5.24 Å². The molecule has 42 valence electrons. The average molecular weight is 119 g/mol. The lowest BCUT2D eigenvalue weighted by atomic mass is 10.8. The van der Waals surface area contributed by atoms with Gasteiger partial charge in [-0.3, -0.25) is 4.79 Å². The molecule has 0 atom stereocenters. The zero-order valence-electron chi connectivity index (χ0n) is 4.52. The van der Waals surface area contributed by atoms with Crippen molar-refractivity contribution in [3.05, 3.63) is 0 Å². The first-order chi connectivity index (χ1) is 3.31. The minimum absolute atomic E-state index is 0.0440. The van der Waals surface area contributed by atoms with Gasteiger partial charge in [-0.25, -0.2) is 0 Å². The maximum Gasteiger partial charge on any atom is 0.278 e. The Kier molecular flexibility index (Phi) is 3.89. The number of amides is 1. The summed E-state index contributed by atoms with van der Waals surface area (Å²) in [7, 11) is 0. The van der Waals surface area contributed by atoms with Crippen LogP contribution in [0.3, 0.4) is 0 Å². The molecule has 0 heterocycles. The second-order valence-corrected chi connectivity index (χ2v) is 1.80. The molecule has 0 saturated heterocycles. The van der Waals surface area contributed by atoms with Crippen molar-refractivity contribution in [1.82, 2.24) is 5.32 Å². The molecule has 0 aromatic carbocycles. The number of thioether (sulfide) groups is 1. The maximum absolute atomic E-state index is 10.3. The van der Waals surface area contributed by atoms with Gasteiger partial charge in [-0.1, -0.05) is 11.8 Å². The summed E-state index contributed by atoms with van der Waals surface area (Å²) in [6, 6.07) is 0. The Balaban J connectivity index is 3.00. The lowest BCUT2D eigenvalue weighted by molar-refractivity contribution is 0.261. The summed E-state index contributed by atoms with van der Waals surface area (Å²) in [6.07, 6.45) is 1.75. The molecule has 0 spiro atoms. The van der Waals surface area contributed by atoms with E-state index in [9.17, 15) is 4.79 Å². The molecule has 2 nitrogen and oxygen atoms in total. The fourth-order valence-corrected chi connectivity index (χ4v) is 0.505. The Labute approximate surface area is 47.7 Å². The number of carbonyl (C=O) groups excluding carboxylic acids is 1. The summed E-state index contributed by atoms with van der Waals surface area (Å²) in [5.74, 6) is 0. The van der Waals surface area contributed by atoms with Crippen molar-refractivity contribution in [3.8, 4) is 0 Å². The summed E-state index contributed by atoms with van der Waals surface area (Å²) < 4.78 is 0. The largest absolute Gasteiger partial charge is 0.347 e. The highest BCUT2D eigenvalue weighted by Crippen LogP contribution is 1.90. The Morgan fingerprint density at radius 1 is 1.86 bits per heavy atom. The van der Waals surface area contributed by atoms with Gasteiger partial charge in [-0.05, 0) is 13.2 Å². The van der Waals surface area contributed by atoms with Crippen LogP contribution in [0.25, 0.3) is 0 Å². The van der Waals surface area contributed by atoms with E-state index >= 15 is 0 Å². The number of hydrogen-bond donors (Lipinski definition) is 1. The molecule has 0 aromatic rings. The summed E-state index contributed by atoms with van der Waals surface area (Å²) in [4.78, 5) is 10.3. The van der Waals surface area contributed by atoms with Crippen LogP contribution in [0, 0.1) is 0 Å². The fourth-order valence-electron chi connectivity index (χ4n) is 0.217. The predicted molar refractivity (Wildman–Crippen MR) is 32.6 cm³/mol. The zero-order valence-corrected chi connectivity index (χ0v) is 5.34. The van der Waals surface area contributed by atoms with Crippen molar-refractivity contribution in [2.24, 2.45) is 0 Å². The molecule has 0 bridgehead atoms. The molecule has 0 saturated carbocycles. The molecule has 0 aliphatic rings. The molecule has 1 N–H and O–H groups in total. The van der Waals surface area contributed by atoms with Crippen molar-refractivity contribution in [2.45, 2.75) is 6.92 Å². The Morgan fingerprint density at radius 2 is 2.43 bits per heavy atom. The van der Waals surface area contributed by atoms with E-state index in [0.29, 0.717) is 0 Å². The lowest BCUT2D eigenvalue weighted by Crippen LogP contribution is -2.16. The quantitative estimate of drug-likeness (QED) is 0.559. The third kappa shape index (κ3) is 3.66.